The topological polar surface area (TPSA) is 91.4 Å². The van der Waals surface area contributed by atoms with Gasteiger partial charge in [-0.25, -0.2) is 4.98 Å². The van der Waals surface area contributed by atoms with Crippen LogP contribution in [-0.2, 0) is 6.54 Å². The van der Waals surface area contributed by atoms with E-state index in [-0.39, 0.29) is 0 Å². The van der Waals surface area contributed by atoms with Crippen LogP contribution in [0.1, 0.15) is 17.6 Å². The first-order valence-electron chi connectivity index (χ1n) is 6.36. The van der Waals surface area contributed by atoms with Crippen LogP contribution in [0.2, 0.25) is 0 Å². The Bertz CT molecular complexity index is 717. The van der Waals surface area contributed by atoms with Gasteiger partial charge in [0.15, 0.2) is 5.65 Å². The molecule has 0 aromatic carbocycles. The highest BCUT2D eigenvalue weighted by Gasteiger charge is 2.09. The number of nitrogens with zero attached hydrogens (tertiary/aromatic N) is 4. The maximum absolute atomic E-state index is 4.47. The van der Waals surface area contributed by atoms with Gasteiger partial charge >= 0.3 is 0 Å². The van der Waals surface area contributed by atoms with Crippen molar-refractivity contribution in [3.63, 3.8) is 0 Å². The van der Waals surface area contributed by atoms with Crippen LogP contribution in [0, 0.1) is 6.92 Å². The number of fused-ring (bicyclic) bond motifs is 1. The van der Waals surface area contributed by atoms with E-state index in [1.54, 1.807) is 17.5 Å². The standard InChI is InChI=1S/C12H15N7S/c1-3-13-12-17-10(9-5-15-19-11(9)18-12)14-4-8-6-20-7(2)16-8/h5-6H,3-4H2,1-2H3,(H3,13,14,15,17,18,19). The van der Waals surface area contributed by atoms with Crippen molar-refractivity contribution in [2.24, 2.45) is 0 Å². The largest absolute Gasteiger partial charge is 0.364 e. The van der Waals surface area contributed by atoms with E-state index in [9.17, 15) is 0 Å². The molecule has 0 saturated heterocycles. The number of anilines is 2. The Morgan fingerprint density at radius 2 is 2.15 bits per heavy atom. The Balaban J connectivity index is 1.87. The van der Waals surface area contributed by atoms with Crippen molar-refractivity contribution < 1.29 is 0 Å². The Hall–Kier alpha value is -2.22. The summed E-state index contributed by atoms with van der Waals surface area (Å²) < 4.78 is 0. The second kappa shape index (κ2) is 5.41. The van der Waals surface area contributed by atoms with Crippen LogP contribution in [0.5, 0.6) is 0 Å². The summed E-state index contributed by atoms with van der Waals surface area (Å²) in [4.78, 5) is 13.2. The molecular formula is C12H15N7S. The number of rotatable bonds is 5. The Labute approximate surface area is 119 Å². The molecule has 0 fully saturated rings. The molecule has 0 unspecified atom stereocenters. The number of aromatic amines is 1. The molecule has 0 atom stereocenters. The number of thiazole rings is 1. The molecule has 7 nitrogen and oxygen atoms in total. The quantitative estimate of drug-likeness (QED) is 0.666. The fraction of sp³-hybridized carbons (Fsp3) is 0.333. The van der Waals surface area contributed by atoms with E-state index >= 15 is 0 Å². The smallest absolute Gasteiger partial charge is 0.226 e. The lowest BCUT2D eigenvalue weighted by atomic mass is 10.3. The monoisotopic (exact) mass is 289 g/mol. The van der Waals surface area contributed by atoms with Gasteiger partial charge in [0, 0.05) is 11.9 Å². The van der Waals surface area contributed by atoms with Gasteiger partial charge < -0.3 is 10.6 Å². The molecule has 0 amide bonds. The third-order valence-corrected chi connectivity index (χ3v) is 3.57. The van der Waals surface area contributed by atoms with Crippen molar-refractivity contribution >= 4 is 34.1 Å². The summed E-state index contributed by atoms with van der Waals surface area (Å²) in [5.74, 6) is 1.34. The number of H-pyrrole nitrogens is 1. The van der Waals surface area contributed by atoms with Crippen molar-refractivity contribution in [2.75, 3.05) is 17.2 Å². The zero-order chi connectivity index (χ0) is 13.9. The SMILES string of the molecule is CCNc1nc(NCc2csc(C)n2)c2cn[nH]c2n1. The van der Waals surface area contributed by atoms with Gasteiger partial charge in [0.05, 0.1) is 28.8 Å². The van der Waals surface area contributed by atoms with Crippen molar-refractivity contribution in [2.45, 2.75) is 20.4 Å². The molecule has 3 aromatic heterocycles. The third kappa shape index (κ3) is 2.55. The van der Waals surface area contributed by atoms with E-state index in [1.807, 2.05) is 19.2 Å². The molecule has 3 rings (SSSR count). The third-order valence-electron chi connectivity index (χ3n) is 2.75. The van der Waals surface area contributed by atoms with Crippen LogP contribution in [0.25, 0.3) is 11.0 Å². The van der Waals surface area contributed by atoms with E-state index in [1.165, 1.54) is 0 Å². The molecular weight excluding hydrogens is 274 g/mol. The zero-order valence-electron chi connectivity index (χ0n) is 11.3. The molecule has 3 aromatic rings. The van der Waals surface area contributed by atoms with Crippen LogP contribution >= 0.6 is 11.3 Å². The summed E-state index contributed by atoms with van der Waals surface area (Å²) >= 11 is 1.64. The summed E-state index contributed by atoms with van der Waals surface area (Å²) in [6.45, 7) is 5.40. The van der Waals surface area contributed by atoms with Gasteiger partial charge in [-0.15, -0.1) is 11.3 Å². The van der Waals surface area contributed by atoms with Gasteiger partial charge in [-0.2, -0.15) is 15.1 Å². The van der Waals surface area contributed by atoms with Gasteiger partial charge in [0.1, 0.15) is 5.82 Å². The molecule has 8 heteroatoms. The van der Waals surface area contributed by atoms with Crippen molar-refractivity contribution in [1.82, 2.24) is 25.1 Å². The summed E-state index contributed by atoms with van der Waals surface area (Å²) in [6, 6.07) is 0. The molecule has 0 aliphatic heterocycles. The number of nitrogens with one attached hydrogen (secondary N) is 3. The summed E-state index contributed by atoms with van der Waals surface area (Å²) in [7, 11) is 0. The van der Waals surface area contributed by atoms with Gasteiger partial charge in [0.25, 0.3) is 0 Å². The lowest BCUT2D eigenvalue weighted by molar-refractivity contribution is 1.03. The predicted molar refractivity (Wildman–Crippen MR) is 80.0 cm³/mol. The first-order valence-corrected chi connectivity index (χ1v) is 7.24. The number of hydrogen-bond donors (Lipinski definition) is 3. The van der Waals surface area contributed by atoms with E-state index < -0.39 is 0 Å². The minimum atomic E-state index is 0.584. The van der Waals surface area contributed by atoms with Gasteiger partial charge in [0.2, 0.25) is 5.95 Å². The number of hydrogen-bond acceptors (Lipinski definition) is 7. The maximum Gasteiger partial charge on any atom is 0.226 e. The summed E-state index contributed by atoms with van der Waals surface area (Å²) in [5.41, 5.74) is 1.72. The van der Waals surface area contributed by atoms with E-state index in [0.29, 0.717) is 18.1 Å². The van der Waals surface area contributed by atoms with Crippen LogP contribution < -0.4 is 10.6 Å². The highest BCUT2D eigenvalue weighted by molar-refractivity contribution is 7.09. The molecule has 104 valence electrons. The molecule has 0 aliphatic rings. The molecule has 0 bridgehead atoms. The second-order valence-corrected chi connectivity index (χ2v) is 5.33. The molecule has 3 N–H and O–H groups in total. The number of aryl methyl sites for hydroxylation is 1. The normalized spacial score (nSPS) is 10.9. The van der Waals surface area contributed by atoms with Crippen molar-refractivity contribution in [3.05, 3.63) is 22.3 Å². The van der Waals surface area contributed by atoms with Gasteiger partial charge in [-0.1, -0.05) is 0 Å². The van der Waals surface area contributed by atoms with Crippen molar-refractivity contribution in [1.29, 1.82) is 0 Å². The van der Waals surface area contributed by atoms with E-state index in [2.05, 4.69) is 35.8 Å². The van der Waals surface area contributed by atoms with E-state index in [0.717, 1.165) is 28.5 Å². The first-order chi connectivity index (χ1) is 9.76. The second-order valence-electron chi connectivity index (χ2n) is 4.27. The average molecular weight is 289 g/mol. The molecule has 0 spiro atoms. The van der Waals surface area contributed by atoms with Crippen LogP contribution in [-0.4, -0.2) is 31.7 Å². The molecule has 20 heavy (non-hydrogen) atoms. The highest BCUT2D eigenvalue weighted by Crippen LogP contribution is 2.20. The Morgan fingerprint density at radius 1 is 1.25 bits per heavy atom. The predicted octanol–water partition coefficient (Wildman–Crippen LogP) is 2.16. The number of aromatic nitrogens is 5. The van der Waals surface area contributed by atoms with Crippen LogP contribution in [0.4, 0.5) is 11.8 Å². The van der Waals surface area contributed by atoms with Crippen LogP contribution in [0.15, 0.2) is 11.6 Å². The molecule has 0 radical (unpaired) electrons. The van der Waals surface area contributed by atoms with Gasteiger partial charge in [-0.3, -0.25) is 5.10 Å². The highest BCUT2D eigenvalue weighted by atomic mass is 32.1. The van der Waals surface area contributed by atoms with Crippen LogP contribution in [0.3, 0.4) is 0 Å². The van der Waals surface area contributed by atoms with Crippen molar-refractivity contribution in [3.8, 4) is 0 Å². The lowest BCUT2D eigenvalue weighted by Gasteiger charge is -2.07. The summed E-state index contributed by atoms with van der Waals surface area (Å²) in [5, 5.41) is 17.3. The summed E-state index contributed by atoms with van der Waals surface area (Å²) in [6.07, 6.45) is 1.72. The zero-order valence-corrected chi connectivity index (χ0v) is 12.1. The maximum atomic E-state index is 4.47. The molecule has 0 saturated carbocycles. The van der Waals surface area contributed by atoms with E-state index in [4.69, 9.17) is 0 Å². The fourth-order valence-electron chi connectivity index (χ4n) is 1.87. The molecule has 3 heterocycles. The minimum Gasteiger partial charge on any atom is -0.364 e. The Kier molecular flexibility index (Phi) is 3.46. The Morgan fingerprint density at radius 3 is 2.90 bits per heavy atom. The minimum absolute atomic E-state index is 0.584. The van der Waals surface area contributed by atoms with Gasteiger partial charge in [-0.05, 0) is 13.8 Å². The first kappa shape index (κ1) is 12.8. The molecule has 0 aliphatic carbocycles. The lowest BCUT2D eigenvalue weighted by Crippen LogP contribution is -2.07. The average Bonchev–Trinajstić information content (AvgIpc) is 3.05. The fourth-order valence-corrected chi connectivity index (χ4v) is 2.48.